The lowest BCUT2D eigenvalue weighted by molar-refractivity contribution is 0.417. The Morgan fingerprint density at radius 1 is 0.705 bits per heavy atom. The second kappa shape index (κ2) is 15.5. The third-order valence-corrected chi connectivity index (χ3v) is 7.82. The van der Waals surface area contributed by atoms with Crippen LogP contribution in [0.1, 0.15) is 34.2 Å². The third-order valence-electron chi connectivity index (χ3n) is 7.46. The van der Waals surface area contributed by atoms with E-state index < -0.39 is 0 Å². The van der Waals surface area contributed by atoms with Crippen LogP contribution < -0.4 is 9.64 Å². The van der Waals surface area contributed by atoms with Gasteiger partial charge in [0.05, 0.1) is 0 Å². The van der Waals surface area contributed by atoms with E-state index in [0.717, 1.165) is 29.8 Å². The van der Waals surface area contributed by atoms with E-state index in [0.29, 0.717) is 5.17 Å². The number of hydrogen-bond acceptors (Lipinski definition) is 3. The fraction of sp³-hybridized carbons (Fsp3) is 0.154. The Labute approximate surface area is 273 Å². The van der Waals surface area contributed by atoms with Crippen molar-refractivity contribution in [2.24, 2.45) is 0 Å². The smallest absolute Gasteiger partial charge is 0.269 e. The van der Waals surface area contributed by atoms with Gasteiger partial charge in [0.2, 0.25) is 0 Å². The zero-order valence-corrected chi connectivity index (χ0v) is 27.4. The standard InChI is InChI=1S/C20H21N.C19H17NOS.ClH/c1-21(2)15-7-12-20-18-10-5-3-8-16(18)13-14-17-9-4-6-11-19(17)20;1-14-6-5-9-17(12-14)20(2)19(22)21-18-11-10-15-7-3-4-8-16(15)13-18;/h3-6,8-14H,7,15H2,1-2H3;3-13H,1-2H3;1H. The molecule has 0 aromatic heterocycles. The molecule has 44 heavy (non-hydrogen) atoms. The van der Waals surface area contributed by atoms with Crippen molar-refractivity contribution in [2.45, 2.75) is 13.3 Å². The fourth-order valence-corrected chi connectivity index (χ4v) is 5.33. The van der Waals surface area contributed by atoms with Gasteiger partial charge in [0, 0.05) is 19.3 Å². The van der Waals surface area contributed by atoms with Crippen LogP contribution in [-0.4, -0.2) is 37.8 Å². The Morgan fingerprint density at radius 3 is 1.95 bits per heavy atom. The third kappa shape index (κ3) is 8.23. The van der Waals surface area contributed by atoms with Crippen molar-refractivity contribution < 1.29 is 4.74 Å². The number of nitrogens with zero attached hydrogens (tertiary/aromatic N) is 2. The molecule has 1 aliphatic rings. The lowest BCUT2D eigenvalue weighted by atomic mass is 9.93. The van der Waals surface area contributed by atoms with Crippen LogP contribution in [0.5, 0.6) is 5.75 Å². The molecule has 0 N–H and O–H groups in total. The van der Waals surface area contributed by atoms with Gasteiger partial charge in [-0.25, -0.2) is 0 Å². The van der Waals surface area contributed by atoms with E-state index >= 15 is 0 Å². The number of benzene rings is 5. The van der Waals surface area contributed by atoms with E-state index in [2.05, 4.69) is 117 Å². The summed E-state index contributed by atoms with van der Waals surface area (Å²) in [5, 5.41) is 2.76. The number of ether oxygens (including phenoxy) is 1. The van der Waals surface area contributed by atoms with Gasteiger partial charge in [-0.15, -0.1) is 12.4 Å². The second-order valence-corrected chi connectivity index (χ2v) is 11.3. The minimum Gasteiger partial charge on any atom is -0.432 e. The van der Waals surface area contributed by atoms with Gasteiger partial charge >= 0.3 is 0 Å². The molecule has 0 amide bonds. The average Bonchev–Trinajstić information content (AvgIpc) is 3.18. The van der Waals surface area contributed by atoms with Crippen LogP contribution >= 0.6 is 24.6 Å². The topological polar surface area (TPSA) is 15.7 Å². The molecule has 0 saturated carbocycles. The first-order chi connectivity index (χ1) is 20.9. The molecule has 0 atom stereocenters. The molecule has 5 heteroatoms. The maximum Gasteiger partial charge on any atom is 0.269 e. The van der Waals surface area contributed by atoms with Gasteiger partial charge in [-0.2, -0.15) is 0 Å². The molecule has 0 saturated heterocycles. The highest BCUT2D eigenvalue weighted by atomic mass is 35.5. The van der Waals surface area contributed by atoms with Crippen LogP contribution in [0.15, 0.2) is 121 Å². The quantitative estimate of drug-likeness (QED) is 0.179. The van der Waals surface area contributed by atoms with Gasteiger partial charge in [0.15, 0.2) is 0 Å². The molecule has 5 aromatic rings. The normalized spacial score (nSPS) is 11.3. The fourth-order valence-electron chi connectivity index (χ4n) is 5.13. The van der Waals surface area contributed by atoms with E-state index in [4.69, 9.17) is 17.0 Å². The highest BCUT2D eigenvalue weighted by molar-refractivity contribution is 7.80. The van der Waals surface area contributed by atoms with Gasteiger partial charge in [-0.1, -0.05) is 109 Å². The molecule has 0 heterocycles. The summed E-state index contributed by atoms with van der Waals surface area (Å²) >= 11 is 5.41. The van der Waals surface area contributed by atoms with Crippen LogP contribution in [0.25, 0.3) is 28.5 Å². The summed E-state index contributed by atoms with van der Waals surface area (Å²) < 4.78 is 5.84. The average molecular weight is 619 g/mol. The predicted molar refractivity (Wildman–Crippen MR) is 196 cm³/mol. The highest BCUT2D eigenvalue weighted by Crippen LogP contribution is 2.34. The van der Waals surface area contributed by atoms with Crippen LogP contribution in [0.2, 0.25) is 0 Å². The van der Waals surface area contributed by atoms with E-state index in [1.807, 2.05) is 54.4 Å². The number of aryl methyl sites for hydroxylation is 1. The van der Waals surface area contributed by atoms with Crippen molar-refractivity contribution in [1.82, 2.24) is 4.90 Å². The maximum absolute atomic E-state index is 5.84. The molecule has 0 unspecified atom stereocenters. The Kier molecular flexibility index (Phi) is 11.5. The molecule has 0 fully saturated rings. The lowest BCUT2D eigenvalue weighted by Gasteiger charge is -2.20. The van der Waals surface area contributed by atoms with Crippen LogP contribution in [0.3, 0.4) is 0 Å². The van der Waals surface area contributed by atoms with Crippen molar-refractivity contribution >= 4 is 64.0 Å². The first kappa shape index (κ1) is 32.7. The van der Waals surface area contributed by atoms with E-state index in [1.165, 1.54) is 38.8 Å². The summed E-state index contributed by atoms with van der Waals surface area (Å²) in [5.74, 6) is 0.753. The van der Waals surface area contributed by atoms with Crippen molar-refractivity contribution in [2.75, 3.05) is 32.6 Å². The summed E-state index contributed by atoms with van der Waals surface area (Å²) in [4.78, 5) is 4.10. The zero-order valence-electron chi connectivity index (χ0n) is 25.7. The van der Waals surface area contributed by atoms with Crippen LogP contribution in [0.4, 0.5) is 5.69 Å². The Morgan fingerprint density at radius 2 is 1.32 bits per heavy atom. The molecule has 0 aliphatic heterocycles. The number of hydrogen-bond donors (Lipinski definition) is 0. The van der Waals surface area contributed by atoms with Gasteiger partial charge in [0.1, 0.15) is 5.75 Å². The van der Waals surface area contributed by atoms with E-state index in [9.17, 15) is 0 Å². The molecular formula is C39H39ClN2OS. The predicted octanol–water partition coefficient (Wildman–Crippen LogP) is 9.92. The van der Waals surface area contributed by atoms with Gasteiger partial charge in [-0.05, 0) is 108 Å². The maximum atomic E-state index is 5.84. The summed E-state index contributed by atoms with van der Waals surface area (Å²) in [6.45, 7) is 3.13. The lowest BCUT2D eigenvalue weighted by Crippen LogP contribution is -2.29. The Balaban J connectivity index is 0.000000197. The highest BCUT2D eigenvalue weighted by Gasteiger charge is 2.14. The van der Waals surface area contributed by atoms with Gasteiger partial charge < -0.3 is 14.5 Å². The summed E-state index contributed by atoms with van der Waals surface area (Å²) in [5.41, 5.74) is 8.82. The molecule has 0 spiro atoms. The summed E-state index contributed by atoms with van der Waals surface area (Å²) in [7, 11) is 6.16. The van der Waals surface area contributed by atoms with E-state index in [-0.39, 0.29) is 12.4 Å². The number of rotatable bonds is 5. The van der Waals surface area contributed by atoms with Crippen LogP contribution in [-0.2, 0) is 0 Å². The largest absolute Gasteiger partial charge is 0.432 e. The number of thiocarbonyl (C=S) groups is 1. The van der Waals surface area contributed by atoms with Gasteiger partial charge in [0.25, 0.3) is 5.17 Å². The molecule has 0 bridgehead atoms. The van der Waals surface area contributed by atoms with Crippen molar-refractivity contribution in [1.29, 1.82) is 0 Å². The molecular weight excluding hydrogens is 580 g/mol. The van der Waals surface area contributed by atoms with Crippen LogP contribution in [0, 0.1) is 6.92 Å². The molecule has 6 rings (SSSR count). The molecule has 1 aliphatic carbocycles. The second-order valence-electron chi connectivity index (χ2n) is 11.0. The first-order valence-electron chi connectivity index (χ1n) is 14.6. The Bertz CT molecular complexity index is 1740. The molecule has 224 valence electrons. The minimum absolute atomic E-state index is 0. The summed E-state index contributed by atoms with van der Waals surface area (Å²) in [6.07, 6.45) is 7.89. The van der Waals surface area contributed by atoms with Crippen molar-refractivity contribution in [3.63, 3.8) is 0 Å². The van der Waals surface area contributed by atoms with Crippen molar-refractivity contribution in [3.8, 4) is 5.75 Å². The van der Waals surface area contributed by atoms with E-state index in [1.54, 1.807) is 0 Å². The Hall–Kier alpha value is -4.22. The monoisotopic (exact) mass is 618 g/mol. The SMILES string of the molecule is CN(C)CCC=C1c2ccccc2C=Cc2ccccc21.Cc1cccc(N(C)C(=S)Oc2ccc3ccccc3c2)c1.Cl. The van der Waals surface area contributed by atoms with Crippen molar-refractivity contribution in [3.05, 3.63) is 149 Å². The molecule has 3 nitrogen and oxygen atoms in total. The first-order valence-corrected chi connectivity index (χ1v) is 15.0. The molecule has 5 aromatic carbocycles. The summed E-state index contributed by atoms with van der Waals surface area (Å²) in [6, 6.07) is 39.7. The number of anilines is 1. The number of fused-ring (bicyclic) bond motifs is 3. The van der Waals surface area contributed by atoms with Gasteiger partial charge in [-0.3, -0.25) is 0 Å². The molecule has 0 radical (unpaired) electrons. The zero-order chi connectivity index (χ0) is 30.2. The minimum atomic E-state index is 0. The number of halogens is 1.